The van der Waals surface area contributed by atoms with Crippen LogP contribution >= 0.6 is 0 Å². The Morgan fingerprint density at radius 1 is 1.14 bits per heavy atom. The van der Waals surface area contributed by atoms with Gasteiger partial charge in [0.15, 0.2) is 0 Å². The van der Waals surface area contributed by atoms with Crippen LogP contribution in [-0.4, -0.2) is 37.2 Å². The number of nitrogens with zero attached hydrogens (tertiary/aromatic N) is 1. The van der Waals surface area contributed by atoms with Gasteiger partial charge in [-0.05, 0) is 82.8 Å². The van der Waals surface area contributed by atoms with Gasteiger partial charge in [-0.15, -0.1) is 0 Å². The van der Waals surface area contributed by atoms with E-state index in [0.29, 0.717) is 29.1 Å². The third-order valence-electron chi connectivity index (χ3n) is 6.32. The zero-order valence-corrected chi connectivity index (χ0v) is 20.2. The lowest BCUT2D eigenvalue weighted by atomic mass is 9.85. The van der Waals surface area contributed by atoms with Gasteiger partial charge in [0.25, 0.3) is 0 Å². The molecule has 3 aromatic rings. The highest BCUT2D eigenvalue weighted by atomic mass is 19.1. The molecule has 0 fully saturated rings. The van der Waals surface area contributed by atoms with E-state index in [1.807, 2.05) is 42.9 Å². The van der Waals surface area contributed by atoms with E-state index >= 15 is 0 Å². The van der Waals surface area contributed by atoms with Crippen molar-refractivity contribution < 1.29 is 23.7 Å². The fourth-order valence-electron chi connectivity index (χ4n) is 4.41. The van der Waals surface area contributed by atoms with Crippen molar-refractivity contribution in [2.45, 2.75) is 19.9 Å². The number of rotatable bonds is 8. The average Bonchev–Trinajstić information content (AvgIpc) is 3.37. The molecular formula is C27H27BFN2O4. The van der Waals surface area contributed by atoms with Crippen LogP contribution in [0.15, 0.2) is 54.2 Å². The minimum absolute atomic E-state index is 0.134. The van der Waals surface area contributed by atoms with Crippen LogP contribution in [0.1, 0.15) is 35.7 Å². The number of aromatic nitrogens is 1. The second-order valence-electron chi connectivity index (χ2n) is 8.38. The first-order chi connectivity index (χ1) is 16.9. The number of benzene rings is 2. The summed E-state index contributed by atoms with van der Waals surface area (Å²) in [5, 5.41) is 12.5. The maximum Gasteiger partial charge on any atom is 0.334 e. The highest BCUT2D eigenvalue weighted by Gasteiger charge is 2.26. The van der Waals surface area contributed by atoms with Gasteiger partial charge in [0.05, 0.1) is 27.2 Å². The molecule has 0 saturated heterocycles. The third-order valence-corrected chi connectivity index (χ3v) is 6.32. The highest BCUT2D eigenvalue weighted by molar-refractivity contribution is 6.48. The second kappa shape index (κ2) is 10.2. The van der Waals surface area contributed by atoms with Crippen molar-refractivity contribution in [1.82, 2.24) is 9.88 Å². The van der Waals surface area contributed by atoms with Crippen molar-refractivity contribution >= 4 is 36.1 Å². The van der Waals surface area contributed by atoms with E-state index in [1.165, 1.54) is 26.4 Å². The summed E-state index contributed by atoms with van der Waals surface area (Å²) < 4.78 is 27.0. The summed E-state index contributed by atoms with van der Waals surface area (Å²) in [5.41, 5.74) is 6.35. The summed E-state index contributed by atoms with van der Waals surface area (Å²) >= 11 is 0. The van der Waals surface area contributed by atoms with Crippen molar-refractivity contribution in [1.29, 1.82) is 0 Å². The number of allylic oxidation sites excluding steroid dienone is 2. The van der Waals surface area contributed by atoms with E-state index in [-0.39, 0.29) is 18.1 Å². The van der Waals surface area contributed by atoms with Crippen LogP contribution in [-0.2, 0) is 18.4 Å². The SMILES string of the molecule is COc1cc(/C=C2/C(C)=C(CC(=O)NCc3cccn3C)c3cc(F)ccc32)cc(OC)c1[B]O. The van der Waals surface area contributed by atoms with E-state index in [1.54, 1.807) is 18.2 Å². The number of amides is 1. The number of hydrogen-bond acceptors (Lipinski definition) is 4. The Morgan fingerprint density at radius 2 is 1.86 bits per heavy atom. The Morgan fingerprint density at radius 3 is 2.46 bits per heavy atom. The zero-order valence-electron chi connectivity index (χ0n) is 20.2. The summed E-state index contributed by atoms with van der Waals surface area (Å²) in [6.07, 6.45) is 4.01. The van der Waals surface area contributed by atoms with Crippen molar-refractivity contribution in [2.24, 2.45) is 7.05 Å². The first kappa shape index (κ1) is 24.4. The maximum absolute atomic E-state index is 14.2. The molecule has 0 aliphatic heterocycles. The number of carbonyl (C=O) groups is 1. The molecule has 2 N–H and O–H groups in total. The molecule has 0 spiro atoms. The van der Waals surface area contributed by atoms with Gasteiger partial charge in [0, 0.05) is 24.4 Å². The quantitative estimate of drug-likeness (QED) is 0.492. The van der Waals surface area contributed by atoms with Gasteiger partial charge in [-0.2, -0.15) is 0 Å². The van der Waals surface area contributed by atoms with Gasteiger partial charge in [0.2, 0.25) is 5.91 Å². The summed E-state index contributed by atoms with van der Waals surface area (Å²) in [4.78, 5) is 12.8. The average molecular weight is 473 g/mol. The summed E-state index contributed by atoms with van der Waals surface area (Å²) in [7, 11) is 5.91. The lowest BCUT2D eigenvalue weighted by Gasteiger charge is -2.13. The lowest BCUT2D eigenvalue weighted by Crippen LogP contribution is -2.23. The third kappa shape index (κ3) is 4.88. The molecule has 0 atom stereocenters. The van der Waals surface area contributed by atoms with E-state index in [9.17, 15) is 14.2 Å². The standard InChI is InChI=1S/C27H27BFN2O4/c1-16-21(10-17-11-24(34-3)27(28-33)25(12-17)35-4)20-8-7-18(29)13-23(20)22(16)14-26(32)30-15-19-6-5-9-31(19)2/h5-13,33H,14-15H2,1-4H3,(H,30,32)/b21-10-. The van der Waals surface area contributed by atoms with E-state index < -0.39 is 0 Å². The van der Waals surface area contributed by atoms with Gasteiger partial charge in [-0.25, -0.2) is 4.39 Å². The first-order valence-corrected chi connectivity index (χ1v) is 11.2. The molecule has 1 aromatic heterocycles. The van der Waals surface area contributed by atoms with Gasteiger partial charge < -0.3 is 24.4 Å². The minimum atomic E-state index is -0.356. The molecule has 8 heteroatoms. The van der Waals surface area contributed by atoms with Crippen LogP contribution < -0.4 is 20.3 Å². The predicted octanol–water partition coefficient (Wildman–Crippen LogP) is 3.45. The fourth-order valence-corrected chi connectivity index (χ4v) is 4.41. The van der Waals surface area contributed by atoms with Crippen LogP contribution in [0.25, 0.3) is 17.2 Å². The Balaban J connectivity index is 1.70. The van der Waals surface area contributed by atoms with E-state index in [4.69, 9.17) is 9.47 Å². The van der Waals surface area contributed by atoms with Crippen LogP contribution in [0.3, 0.4) is 0 Å². The number of carbonyl (C=O) groups excluding carboxylic acids is 1. The molecule has 1 aliphatic rings. The Hall–Kier alpha value is -3.78. The molecular weight excluding hydrogens is 446 g/mol. The number of ether oxygens (including phenoxy) is 2. The normalized spacial score (nSPS) is 13.7. The van der Waals surface area contributed by atoms with Gasteiger partial charge >= 0.3 is 7.48 Å². The van der Waals surface area contributed by atoms with Crippen molar-refractivity contribution in [2.75, 3.05) is 14.2 Å². The largest absolute Gasteiger partial charge is 0.497 e. The maximum atomic E-state index is 14.2. The molecule has 0 bridgehead atoms. The Kier molecular flexibility index (Phi) is 7.12. The van der Waals surface area contributed by atoms with Gasteiger partial charge in [-0.3, -0.25) is 4.79 Å². The van der Waals surface area contributed by atoms with Crippen molar-refractivity contribution in [3.63, 3.8) is 0 Å². The monoisotopic (exact) mass is 473 g/mol. The molecule has 4 rings (SSSR count). The van der Waals surface area contributed by atoms with Gasteiger partial charge in [0.1, 0.15) is 17.3 Å². The molecule has 0 saturated carbocycles. The predicted molar refractivity (Wildman–Crippen MR) is 136 cm³/mol. The lowest BCUT2D eigenvalue weighted by molar-refractivity contribution is -0.120. The highest BCUT2D eigenvalue weighted by Crippen LogP contribution is 2.44. The molecule has 1 amide bonds. The molecule has 179 valence electrons. The zero-order chi connectivity index (χ0) is 25.1. The molecule has 2 aromatic carbocycles. The molecule has 0 unspecified atom stereocenters. The molecule has 1 radical (unpaired) electrons. The molecule has 1 heterocycles. The van der Waals surface area contributed by atoms with Crippen LogP contribution in [0.2, 0.25) is 0 Å². The van der Waals surface area contributed by atoms with E-state index in [2.05, 4.69) is 5.32 Å². The van der Waals surface area contributed by atoms with E-state index in [0.717, 1.165) is 41.0 Å². The Bertz CT molecular complexity index is 1320. The molecule has 1 aliphatic carbocycles. The number of halogens is 1. The van der Waals surface area contributed by atoms with Crippen molar-refractivity contribution in [3.05, 3.63) is 82.4 Å². The smallest absolute Gasteiger partial charge is 0.334 e. The Labute approximate surface area is 205 Å². The topological polar surface area (TPSA) is 72.7 Å². The summed E-state index contributed by atoms with van der Waals surface area (Å²) in [6, 6.07) is 12.1. The van der Waals surface area contributed by atoms with Crippen LogP contribution in [0.4, 0.5) is 4.39 Å². The summed E-state index contributed by atoms with van der Waals surface area (Å²) in [5.74, 6) is 0.421. The number of nitrogens with one attached hydrogen (secondary N) is 1. The van der Waals surface area contributed by atoms with Crippen LogP contribution in [0.5, 0.6) is 11.5 Å². The van der Waals surface area contributed by atoms with Crippen LogP contribution in [0, 0.1) is 5.82 Å². The fraction of sp³-hybridized carbons (Fsp3) is 0.222. The second-order valence-corrected chi connectivity index (χ2v) is 8.38. The summed E-state index contributed by atoms with van der Waals surface area (Å²) in [6.45, 7) is 2.36. The first-order valence-electron chi connectivity index (χ1n) is 11.2. The van der Waals surface area contributed by atoms with Gasteiger partial charge in [-0.1, -0.05) is 6.07 Å². The molecule has 35 heavy (non-hydrogen) atoms. The minimum Gasteiger partial charge on any atom is -0.497 e. The molecule has 6 nitrogen and oxygen atoms in total. The number of methoxy groups -OCH3 is 2. The number of hydrogen-bond donors (Lipinski definition) is 2. The van der Waals surface area contributed by atoms with Crippen molar-refractivity contribution in [3.8, 4) is 11.5 Å². The number of fused-ring (bicyclic) bond motifs is 1. The number of aryl methyl sites for hydroxylation is 1.